The van der Waals surface area contributed by atoms with E-state index in [1.165, 1.54) is 13.1 Å². The van der Waals surface area contributed by atoms with E-state index < -0.39 is 35.0 Å². The molecule has 0 spiro atoms. The van der Waals surface area contributed by atoms with Crippen LogP contribution in [0.25, 0.3) is 10.9 Å². The van der Waals surface area contributed by atoms with Gasteiger partial charge in [-0.1, -0.05) is 11.6 Å². The largest absolute Gasteiger partial charge is 0.477 e. The number of anilines is 1. The number of aromatic carboxylic acids is 1. The summed E-state index contributed by atoms with van der Waals surface area (Å²) in [7, 11) is 0. The van der Waals surface area contributed by atoms with Gasteiger partial charge >= 0.3 is 5.97 Å². The van der Waals surface area contributed by atoms with Crippen LogP contribution < -0.4 is 10.3 Å². The van der Waals surface area contributed by atoms with Crippen LogP contribution in [0.15, 0.2) is 17.1 Å². The van der Waals surface area contributed by atoms with Crippen molar-refractivity contribution in [2.24, 2.45) is 5.92 Å². The first-order chi connectivity index (χ1) is 13.7. The van der Waals surface area contributed by atoms with Crippen LogP contribution in [0.1, 0.15) is 42.6 Å². The van der Waals surface area contributed by atoms with Crippen molar-refractivity contribution in [3.8, 4) is 0 Å². The monoisotopic (exact) mass is 424 g/mol. The second kappa shape index (κ2) is 6.97. The fourth-order valence-corrected chi connectivity index (χ4v) is 4.52. The Morgan fingerprint density at radius 1 is 1.38 bits per heavy atom. The quantitative estimate of drug-likeness (QED) is 0.681. The molecule has 0 bridgehead atoms. The van der Waals surface area contributed by atoms with Crippen LogP contribution in [-0.4, -0.2) is 51.2 Å². The van der Waals surface area contributed by atoms with Crippen LogP contribution in [0.5, 0.6) is 0 Å². The third kappa shape index (κ3) is 3.29. The molecule has 2 atom stereocenters. The lowest BCUT2D eigenvalue weighted by Gasteiger charge is -2.29. The van der Waals surface area contributed by atoms with E-state index in [9.17, 15) is 24.9 Å². The van der Waals surface area contributed by atoms with E-state index in [0.717, 1.165) is 18.9 Å². The van der Waals surface area contributed by atoms with Crippen molar-refractivity contribution < 1.29 is 24.5 Å². The molecule has 7 nitrogen and oxygen atoms in total. The van der Waals surface area contributed by atoms with Crippen molar-refractivity contribution in [1.29, 1.82) is 0 Å². The minimum Gasteiger partial charge on any atom is -0.477 e. The molecule has 2 heterocycles. The molecule has 4 rings (SSSR count). The smallest absolute Gasteiger partial charge is 0.341 e. The lowest BCUT2D eigenvalue weighted by atomic mass is 9.89. The molecule has 0 radical (unpaired) electrons. The summed E-state index contributed by atoms with van der Waals surface area (Å²) in [5, 5.41) is 29.1. The van der Waals surface area contributed by atoms with Crippen LogP contribution in [0.4, 0.5) is 10.1 Å². The number of benzene rings is 1. The van der Waals surface area contributed by atoms with Gasteiger partial charge in [-0.25, -0.2) is 9.18 Å². The molecule has 1 saturated heterocycles. The Bertz CT molecular complexity index is 1060. The lowest BCUT2D eigenvalue weighted by molar-refractivity contribution is -0.0397. The van der Waals surface area contributed by atoms with Gasteiger partial charge in [-0.15, -0.1) is 0 Å². The summed E-state index contributed by atoms with van der Waals surface area (Å²) in [5.74, 6) is -2.34. The molecule has 1 aromatic carbocycles. The average molecular weight is 425 g/mol. The Balaban J connectivity index is 1.88. The summed E-state index contributed by atoms with van der Waals surface area (Å²) in [6.45, 7) is 1.87. The summed E-state index contributed by atoms with van der Waals surface area (Å²) in [5.41, 5.74) is -2.00. The number of carbonyl (C=O) groups is 1. The Hall–Kier alpha value is -2.16. The number of pyridine rings is 1. The first-order valence-corrected chi connectivity index (χ1v) is 9.91. The van der Waals surface area contributed by atoms with Gasteiger partial charge in [0.15, 0.2) is 0 Å². The van der Waals surface area contributed by atoms with Crippen molar-refractivity contribution in [3.63, 3.8) is 0 Å². The molecule has 156 valence electrons. The zero-order valence-corrected chi connectivity index (χ0v) is 16.6. The number of aromatic nitrogens is 1. The summed E-state index contributed by atoms with van der Waals surface area (Å²) >= 11 is 6.60. The fraction of sp³-hybridized carbons (Fsp3) is 0.500. The molecule has 0 amide bonds. The SMILES string of the molecule is CC(O)(CO)C1CCN(c2c(F)cc3c(=O)c(C(=O)O)cn(C4CC4)c3c2Cl)C1. The van der Waals surface area contributed by atoms with Crippen molar-refractivity contribution in [1.82, 2.24) is 4.57 Å². The van der Waals surface area contributed by atoms with Crippen molar-refractivity contribution in [2.75, 3.05) is 24.6 Å². The molecule has 1 saturated carbocycles. The van der Waals surface area contributed by atoms with Gasteiger partial charge in [0.05, 0.1) is 33.8 Å². The van der Waals surface area contributed by atoms with Crippen LogP contribution in [0.2, 0.25) is 5.02 Å². The number of hydrogen-bond donors (Lipinski definition) is 3. The van der Waals surface area contributed by atoms with Gasteiger partial charge in [0.2, 0.25) is 5.43 Å². The predicted molar refractivity (Wildman–Crippen MR) is 106 cm³/mol. The molecule has 2 fully saturated rings. The first kappa shape index (κ1) is 20.1. The molecule has 1 aliphatic heterocycles. The van der Waals surface area contributed by atoms with E-state index in [1.807, 2.05) is 0 Å². The second-order valence-corrected chi connectivity index (χ2v) is 8.56. The normalized spacial score (nSPS) is 21.6. The van der Waals surface area contributed by atoms with Crippen LogP contribution >= 0.6 is 11.6 Å². The highest BCUT2D eigenvalue weighted by Crippen LogP contribution is 2.43. The zero-order valence-electron chi connectivity index (χ0n) is 15.9. The van der Waals surface area contributed by atoms with Crippen LogP contribution in [0, 0.1) is 11.7 Å². The number of carboxylic acid groups (broad SMARTS) is 1. The number of carboxylic acids is 1. The topological polar surface area (TPSA) is 103 Å². The van der Waals surface area contributed by atoms with E-state index in [4.69, 9.17) is 11.6 Å². The zero-order chi connectivity index (χ0) is 21.1. The highest BCUT2D eigenvalue weighted by molar-refractivity contribution is 6.38. The van der Waals surface area contributed by atoms with Gasteiger partial charge in [0, 0.05) is 31.2 Å². The van der Waals surface area contributed by atoms with E-state index in [1.54, 1.807) is 9.47 Å². The first-order valence-electron chi connectivity index (χ1n) is 9.54. The maximum absolute atomic E-state index is 15.1. The number of aliphatic hydroxyl groups excluding tert-OH is 1. The van der Waals surface area contributed by atoms with E-state index >= 15 is 4.39 Å². The van der Waals surface area contributed by atoms with Crippen molar-refractivity contribution >= 4 is 34.2 Å². The lowest BCUT2D eigenvalue weighted by Crippen LogP contribution is -2.40. The van der Waals surface area contributed by atoms with Gasteiger partial charge < -0.3 is 24.8 Å². The number of fused-ring (bicyclic) bond motifs is 1. The minimum atomic E-state index is -1.36. The van der Waals surface area contributed by atoms with Crippen LogP contribution in [-0.2, 0) is 0 Å². The molecule has 2 aromatic rings. The minimum absolute atomic E-state index is 0.0217. The van der Waals surface area contributed by atoms with Gasteiger partial charge in [-0.3, -0.25) is 4.79 Å². The van der Waals surface area contributed by atoms with Gasteiger partial charge in [-0.05, 0) is 32.3 Å². The third-order valence-electron chi connectivity index (χ3n) is 6.06. The molecule has 1 aromatic heterocycles. The molecule has 9 heteroatoms. The Morgan fingerprint density at radius 3 is 2.66 bits per heavy atom. The molecule has 3 N–H and O–H groups in total. The van der Waals surface area contributed by atoms with E-state index in [-0.39, 0.29) is 28.1 Å². The number of rotatable bonds is 5. The van der Waals surface area contributed by atoms with Gasteiger partial charge in [0.1, 0.15) is 11.4 Å². The third-order valence-corrected chi connectivity index (χ3v) is 6.42. The van der Waals surface area contributed by atoms with Gasteiger partial charge in [0.25, 0.3) is 0 Å². The van der Waals surface area contributed by atoms with Gasteiger partial charge in [-0.2, -0.15) is 0 Å². The standard InChI is InChI=1S/C20H22ClFN2O5/c1-20(29,9-25)10-4-5-23(7-10)17-14(22)6-12-16(15(17)21)24(11-2-3-11)8-13(18(12)26)19(27)28/h6,8,10-11,25,29H,2-5,7,9H2,1H3,(H,27,28). The number of hydrogen-bond acceptors (Lipinski definition) is 5. The number of nitrogens with zero attached hydrogens (tertiary/aromatic N) is 2. The molecule has 1 aliphatic carbocycles. The van der Waals surface area contributed by atoms with Crippen LogP contribution in [0.3, 0.4) is 0 Å². The Morgan fingerprint density at radius 2 is 2.07 bits per heavy atom. The predicted octanol–water partition coefficient (Wildman–Crippen LogP) is 2.40. The highest BCUT2D eigenvalue weighted by atomic mass is 35.5. The maximum Gasteiger partial charge on any atom is 0.341 e. The summed E-state index contributed by atoms with van der Waals surface area (Å²) in [6.07, 6.45) is 3.49. The maximum atomic E-state index is 15.1. The van der Waals surface area contributed by atoms with Crippen molar-refractivity contribution in [3.05, 3.63) is 38.9 Å². The summed E-state index contributed by atoms with van der Waals surface area (Å²) in [6, 6.07) is 1.08. The Labute approximate surface area is 170 Å². The molecule has 2 unspecified atom stereocenters. The number of aliphatic hydroxyl groups is 2. The average Bonchev–Trinajstić information content (AvgIpc) is 3.39. The highest BCUT2D eigenvalue weighted by Gasteiger charge is 2.38. The van der Waals surface area contributed by atoms with E-state index in [0.29, 0.717) is 25.0 Å². The summed E-state index contributed by atoms with van der Waals surface area (Å²) < 4.78 is 16.7. The Kier molecular flexibility index (Phi) is 4.83. The van der Waals surface area contributed by atoms with E-state index in [2.05, 4.69) is 0 Å². The number of halogens is 2. The molecule has 29 heavy (non-hydrogen) atoms. The molecular formula is C20H22ClFN2O5. The fourth-order valence-electron chi connectivity index (χ4n) is 4.11. The summed E-state index contributed by atoms with van der Waals surface area (Å²) in [4.78, 5) is 25.8. The van der Waals surface area contributed by atoms with Crippen molar-refractivity contribution in [2.45, 2.75) is 37.8 Å². The second-order valence-electron chi connectivity index (χ2n) is 8.18. The molecule has 2 aliphatic rings. The molecular weight excluding hydrogens is 403 g/mol.